The van der Waals surface area contributed by atoms with E-state index in [1.807, 2.05) is 13.8 Å². The van der Waals surface area contributed by atoms with Gasteiger partial charge in [-0.3, -0.25) is 4.79 Å². The molecule has 0 heterocycles. The van der Waals surface area contributed by atoms with Gasteiger partial charge in [0.15, 0.2) is 0 Å². The Balaban J connectivity index is 3.38. The van der Waals surface area contributed by atoms with Crippen molar-refractivity contribution in [2.24, 2.45) is 5.41 Å². The van der Waals surface area contributed by atoms with Crippen molar-refractivity contribution in [2.45, 2.75) is 91.4 Å². The van der Waals surface area contributed by atoms with E-state index < -0.39 is 11.4 Å². The van der Waals surface area contributed by atoms with Crippen LogP contribution < -0.4 is 0 Å². The molecule has 0 aromatic heterocycles. The summed E-state index contributed by atoms with van der Waals surface area (Å²) < 4.78 is 0. The van der Waals surface area contributed by atoms with Gasteiger partial charge in [-0.25, -0.2) is 0 Å². The Labute approximate surface area is 149 Å². The molecular formula is C22H38O2. The molecule has 0 bridgehead atoms. The average molecular weight is 335 g/mol. The van der Waals surface area contributed by atoms with Crippen molar-refractivity contribution in [2.75, 3.05) is 0 Å². The van der Waals surface area contributed by atoms with Gasteiger partial charge in [-0.15, -0.1) is 0 Å². The Morgan fingerprint density at radius 2 is 1.29 bits per heavy atom. The molecular weight excluding hydrogens is 296 g/mol. The van der Waals surface area contributed by atoms with E-state index in [9.17, 15) is 4.79 Å². The van der Waals surface area contributed by atoms with Crippen LogP contribution in [0.5, 0.6) is 0 Å². The molecule has 0 aliphatic heterocycles. The predicted octanol–water partition coefficient (Wildman–Crippen LogP) is 7.08. The van der Waals surface area contributed by atoms with E-state index in [0.717, 1.165) is 38.5 Å². The highest BCUT2D eigenvalue weighted by Crippen LogP contribution is 2.24. The van der Waals surface area contributed by atoms with Gasteiger partial charge in [0.05, 0.1) is 5.41 Å². The summed E-state index contributed by atoms with van der Waals surface area (Å²) in [4.78, 5) is 11.0. The van der Waals surface area contributed by atoms with E-state index in [0.29, 0.717) is 0 Å². The fourth-order valence-electron chi connectivity index (χ4n) is 2.47. The Kier molecular flexibility index (Phi) is 14.4. The second-order valence-corrected chi connectivity index (χ2v) is 7.14. The van der Waals surface area contributed by atoms with Crippen LogP contribution in [-0.4, -0.2) is 11.1 Å². The molecule has 1 N–H and O–H groups in total. The van der Waals surface area contributed by atoms with Crippen molar-refractivity contribution in [3.8, 4) is 0 Å². The number of aliphatic carboxylic acids is 1. The van der Waals surface area contributed by atoms with Crippen LogP contribution in [0.3, 0.4) is 0 Å². The molecule has 0 aromatic rings. The minimum absolute atomic E-state index is 0.564. The minimum Gasteiger partial charge on any atom is -0.481 e. The van der Waals surface area contributed by atoms with E-state index in [4.69, 9.17) is 5.11 Å². The van der Waals surface area contributed by atoms with E-state index in [1.165, 1.54) is 32.1 Å². The lowest BCUT2D eigenvalue weighted by Gasteiger charge is -2.18. The molecule has 2 heteroatoms. The number of allylic oxidation sites excluding steroid dienone is 6. The maximum Gasteiger partial charge on any atom is 0.309 e. The fourth-order valence-corrected chi connectivity index (χ4v) is 2.47. The summed E-state index contributed by atoms with van der Waals surface area (Å²) in [5.41, 5.74) is -0.564. The third-order valence-corrected chi connectivity index (χ3v) is 4.28. The van der Waals surface area contributed by atoms with E-state index in [2.05, 4.69) is 43.4 Å². The highest BCUT2D eigenvalue weighted by atomic mass is 16.4. The second-order valence-electron chi connectivity index (χ2n) is 7.14. The van der Waals surface area contributed by atoms with Crippen LogP contribution in [0.1, 0.15) is 91.4 Å². The molecule has 0 spiro atoms. The summed E-state index contributed by atoms with van der Waals surface area (Å²) in [6.07, 6.45) is 25.8. The van der Waals surface area contributed by atoms with Gasteiger partial charge < -0.3 is 5.11 Å². The molecule has 0 atom stereocenters. The first-order valence-electron chi connectivity index (χ1n) is 9.69. The van der Waals surface area contributed by atoms with E-state index in [-0.39, 0.29) is 0 Å². The number of carboxylic acid groups (broad SMARTS) is 1. The van der Waals surface area contributed by atoms with Crippen LogP contribution >= 0.6 is 0 Å². The predicted molar refractivity (Wildman–Crippen MR) is 105 cm³/mol. The van der Waals surface area contributed by atoms with Crippen molar-refractivity contribution >= 4 is 5.97 Å². The molecule has 0 aromatic carbocycles. The summed E-state index contributed by atoms with van der Waals surface area (Å²) in [5.74, 6) is -0.679. The van der Waals surface area contributed by atoms with Gasteiger partial charge in [-0.05, 0) is 52.4 Å². The van der Waals surface area contributed by atoms with Crippen molar-refractivity contribution in [3.63, 3.8) is 0 Å². The number of unbranched alkanes of at least 4 members (excludes halogenated alkanes) is 6. The van der Waals surface area contributed by atoms with Crippen molar-refractivity contribution in [3.05, 3.63) is 36.5 Å². The number of carbonyl (C=O) groups is 1. The quantitative estimate of drug-likeness (QED) is 0.257. The normalized spacial score (nSPS) is 12.8. The average Bonchev–Trinajstić information content (AvgIpc) is 2.54. The van der Waals surface area contributed by atoms with Gasteiger partial charge >= 0.3 is 5.97 Å². The van der Waals surface area contributed by atoms with Crippen molar-refractivity contribution < 1.29 is 9.90 Å². The minimum atomic E-state index is -0.679. The molecule has 0 fully saturated rings. The van der Waals surface area contributed by atoms with Gasteiger partial charge in [-0.2, -0.15) is 0 Å². The van der Waals surface area contributed by atoms with Crippen LogP contribution in [0.4, 0.5) is 0 Å². The molecule has 24 heavy (non-hydrogen) atoms. The first-order chi connectivity index (χ1) is 11.5. The number of hydrogen-bond acceptors (Lipinski definition) is 1. The fraction of sp³-hybridized carbons (Fsp3) is 0.682. The summed E-state index contributed by atoms with van der Waals surface area (Å²) in [6.45, 7) is 5.79. The maximum atomic E-state index is 11.0. The Hall–Kier alpha value is -1.31. The summed E-state index contributed by atoms with van der Waals surface area (Å²) in [7, 11) is 0. The Bertz CT molecular complexity index is 389. The SMILES string of the molecule is CC/C=C\C/C=C\C/C=C\CCCCCCCCC(C)(C)C(=O)O. The number of rotatable bonds is 15. The summed E-state index contributed by atoms with van der Waals surface area (Å²) in [6, 6.07) is 0. The zero-order valence-electron chi connectivity index (χ0n) is 16.1. The Morgan fingerprint density at radius 3 is 1.88 bits per heavy atom. The van der Waals surface area contributed by atoms with Gasteiger partial charge in [0, 0.05) is 0 Å². The van der Waals surface area contributed by atoms with E-state index in [1.54, 1.807) is 0 Å². The smallest absolute Gasteiger partial charge is 0.309 e. The van der Waals surface area contributed by atoms with Crippen LogP contribution in [0.25, 0.3) is 0 Å². The van der Waals surface area contributed by atoms with Crippen LogP contribution in [0, 0.1) is 5.41 Å². The zero-order valence-corrected chi connectivity index (χ0v) is 16.1. The first-order valence-corrected chi connectivity index (χ1v) is 9.69. The van der Waals surface area contributed by atoms with Crippen LogP contribution in [-0.2, 0) is 4.79 Å². The van der Waals surface area contributed by atoms with Crippen LogP contribution in [0.15, 0.2) is 36.5 Å². The lowest BCUT2D eigenvalue weighted by molar-refractivity contribution is -0.147. The first kappa shape index (κ1) is 22.7. The lowest BCUT2D eigenvalue weighted by atomic mass is 9.87. The molecule has 0 radical (unpaired) electrons. The monoisotopic (exact) mass is 334 g/mol. The number of carboxylic acids is 1. The van der Waals surface area contributed by atoms with Crippen molar-refractivity contribution in [1.29, 1.82) is 0 Å². The second kappa shape index (κ2) is 15.2. The third-order valence-electron chi connectivity index (χ3n) is 4.28. The molecule has 0 amide bonds. The van der Waals surface area contributed by atoms with Crippen LogP contribution in [0.2, 0.25) is 0 Å². The number of hydrogen-bond donors (Lipinski definition) is 1. The molecule has 0 aliphatic rings. The largest absolute Gasteiger partial charge is 0.481 e. The van der Waals surface area contributed by atoms with Crippen molar-refractivity contribution in [1.82, 2.24) is 0 Å². The summed E-state index contributed by atoms with van der Waals surface area (Å²) in [5, 5.41) is 9.05. The lowest BCUT2D eigenvalue weighted by Crippen LogP contribution is -2.23. The third kappa shape index (κ3) is 14.3. The molecule has 0 saturated heterocycles. The van der Waals surface area contributed by atoms with Gasteiger partial charge in [0.1, 0.15) is 0 Å². The highest BCUT2D eigenvalue weighted by Gasteiger charge is 2.25. The molecule has 0 rings (SSSR count). The van der Waals surface area contributed by atoms with Gasteiger partial charge in [0.25, 0.3) is 0 Å². The summed E-state index contributed by atoms with van der Waals surface area (Å²) >= 11 is 0. The highest BCUT2D eigenvalue weighted by molar-refractivity contribution is 5.73. The van der Waals surface area contributed by atoms with Gasteiger partial charge in [-0.1, -0.05) is 75.5 Å². The zero-order chi connectivity index (χ0) is 18.1. The topological polar surface area (TPSA) is 37.3 Å². The molecule has 2 nitrogen and oxygen atoms in total. The molecule has 0 saturated carbocycles. The Morgan fingerprint density at radius 1 is 0.792 bits per heavy atom. The van der Waals surface area contributed by atoms with E-state index >= 15 is 0 Å². The molecule has 0 aliphatic carbocycles. The maximum absolute atomic E-state index is 11.0. The molecule has 0 unspecified atom stereocenters. The molecule has 138 valence electrons. The van der Waals surface area contributed by atoms with Gasteiger partial charge in [0.2, 0.25) is 0 Å². The standard InChI is InChI=1S/C22H38O2/c1-4-5-6-7-8-9-10-11-12-13-14-15-16-17-18-19-20-22(2,3)21(23)24/h5-6,8-9,11-12H,4,7,10,13-20H2,1-3H3,(H,23,24)/b6-5-,9-8-,12-11-.